The van der Waals surface area contributed by atoms with E-state index in [0.29, 0.717) is 25.6 Å². The lowest BCUT2D eigenvalue weighted by molar-refractivity contribution is 0.223. The molecule has 3 rings (SSSR count). The number of thiophene rings is 1. The van der Waals surface area contributed by atoms with Crippen molar-refractivity contribution in [2.45, 2.75) is 33.0 Å². The zero-order valence-corrected chi connectivity index (χ0v) is 21.3. The Labute approximate surface area is 204 Å². The van der Waals surface area contributed by atoms with Gasteiger partial charge in [0.15, 0.2) is 11.8 Å². The minimum Gasteiger partial charge on any atom is -0.497 e. The molecule has 2 aromatic heterocycles. The van der Waals surface area contributed by atoms with Gasteiger partial charge in [-0.05, 0) is 37.4 Å². The zero-order valence-electron chi connectivity index (χ0n) is 18.2. The molecular formula is C21H29IN6O2S. The minimum absolute atomic E-state index is 0. The number of halogens is 1. The third kappa shape index (κ3) is 7.69. The normalized spacial score (nSPS) is 12.1. The van der Waals surface area contributed by atoms with E-state index in [2.05, 4.69) is 37.3 Å². The molecule has 2 heterocycles. The summed E-state index contributed by atoms with van der Waals surface area (Å²) >= 11 is 1.71. The molecule has 168 valence electrons. The second kappa shape index (κ2) is 12.5. The van der Waals surface area contributed by atoms with E-state index < -0.39 is 0 Å². The third-order valence-corrected chi connectivity index (χ3v) is 5.38. The average Bonchev–Trinajstić information content (AvgIpc) is 3.38. The SMILES string of the molecule is COc1cccc(OC(C)CNC(=NCc2nnc(C)n2C)NCc2cccs2)c1.I. The summed E-state index contributed by atoms with van der Waals surface area (Å²) in [6.45, 7) is 5.65. The number of nitrogens with zero attached hydrogens (tertiary/aromatic N) is 4. The van der Waals surface area contributed by atoms with Gasteiger partial charge in [-0.1, -0.05) is 12.1 Å². The van der Waals surface area contributed by atoms with Gasteiger partial charge in [0.25, 0.3) is 0 Å². The van der Waals surface area contributed by atoms with E-state index in [-0.39, 0.29) is 30.1 Å². The molecule has 0 amide bonds. The van der Waals surface area contributed by atoms with Crippen molar-refractivity contribution in [3.05, 3.63) is 58.3 Å². The molecule has 8 nitrogen and oxygen atoms in total. The molecule has 0 aliphatic rings. The van der Waals surface area contributed by atoms with E-state index in [1.165, 1.54) is 4.88 Å². The number of nitrogens with one attached hydrogen (secondary N) is 2. The Morgan fingerprint density at radius 3 is 2.68 bits per heavy atom. The number of aliphatic imine (C=N–C) groups is 1. The second-order valence-electron chi connectivity index (χ2n) is 6.81. The smallest absolute Gasteiger partial charge is 0.192 e. The van der Waals surface area contributed by atoms with Crippen LogP contribution < -0.4 is 20.1 Å². The highest BCUT2D eigenvalue weighted by Crippen LogP contribution is 2.19. The van der Waals surface area contributed by atoms with Crippen molar-refractivity contribution in [1.29, 1.82) is 0 Å². The fourth-order valence-corrected chi connectivity index (χ4v) is 3.33. The number of guanidine groups is 1. The van der Waals surface area contributed by atoms with Crippen LogP contribution in [0.1, 0.15) is 23.4 Å². The molecule has 10 heteroatoms. The number of rotatable bonds is 9. The van der Waals surface area contributed by atoms with Crippen molar-refractivity contribution >= 4 is 41.3 Å². The molecule has 0 bridgehead atoms. The van der Waals surface area contributed by atoms with Gasteiger partial charge in [-0.15, -0.1) is 45.5 Å². The lowest BCUT2D eigenvalue weighted by Crippen LogP contribution is -2.41. The van der Waals surface area contributed by atoms with E-state index >= 15 is 0 Å². The standard InChI is InChI=1S/C21H28N6O2S.HI/c1-15(29-18-8-5-7-17(11-18)28-4)12-22-21(23-13-19-9-6-10-30-19)24-14-20-26-25-16(2)27(20)3;/h5-11,15H,12-14H2,1-4H3,(H2,22,23,24);1H. The Balaban J connectivity index is 0.00000341. The fourth-order valence-electron chi connectivity index (χ4n) is 2.69. The first-order valence-electron chi connectivity index (χ1n) is 9.75. The van der Waals surface area contributed by atoms with E-state index in [0.717, 1.165) is 23.1 Å². The molecule has 0 aliphatic carbocycles. The van der Waals surface area contributed by atoms with Crippen LogP contribution in [0.5, 0.6) is 11.5 Å². The first-order chi connectivity index (χ1) is 14.5. The zero-order chi connectivity index (χ0) is 21.3. The first-order valence-corrected chi connectivity index (χ1v) is 10.6. The third-order valence-electron chi connectivity index (χ3n) is 4.51. The number of ether oxygens (including phenoxy) is 2. The molecule has 31 heavy (non-hydrogen) atoms. The highest BCUT2D eigenvalue weighted by molar-refractivity contribution is 14.0. The maximum Gasteiger partial charge on any atom is 0.192 e. The number of methoxy groups -OCH3 is 1. The van der Waals surface area contributed by atoms with Gasteiger partial charge in [0, 0.05) is 18.0 Å². The number of aryl methyl sites for hydroxylation is 1. The minimum atomic E-state index is -0.0667. The number of benzene rings is 1. The lowest BCUT2D eigenvalue weighted by Gasteiger charge is -2.18. The van der Waals surface area contributed by atoms with Crippen molar-refractivity contribution in [2.75, 3.05) is 13.7 Å². The fraction of sp³-hybridized carbons (Fsp3) is 0.381. The Kier molecular flexibility index (Phi) is 10.0. The predicted molar refractivity (Wildman–Crippen MR) is 135 cm³/mol. The Bertz CT molecular complexity index is 961. The molecule has 0 aliphatic heterocycles. The number of hydrogen-bond donors (Lipinski definition) is 2. The Hall–Kier alpha value is -2.34. The molecule has 3 aromatic rings. The molecule has 2 N–H and O–H groups in total. The van der Waals surface area contributed by atoms with E-state index in [4.69, 9.17) is 9.47 Å². The summed E-state index contributed by atoms with van der Waals surface area (Å²) in [5.41, 5.74) is 0. The van der Waals surface area contributed by atoms with Gasteiger partial charge in [0.05, 0.1) is 20.2 Å². The summed E-state index contributed by atoms with van der Waals surface area (Å²) in [7, 11) is 3.58. The van der Waals surface area contributed by atoms with Gasteiger partial charge in [-0.25, -0.2) is 4.99 Å². The lowest BCUT2D eigenvalue weighted by atomic mass is 10.3. The Morgan fingerprint density at radius 1 is 1.19 bits per heavy atom. The molecule has 0 saturated carbocycles. The average molecular weight is 556 g/mol. The summed E-state index contributed by atoms with van der Waals surface area (Å²) < 4.78 is 13.2. The van der Waals surface area contributed by atoms with Gasteiger partial charge in [-0.3, -0.25) is 0 Å². The van der Waals surface area contributed by atoms with Crippen molar-refractivity contribution in [3.63, 3.8) is 0 Å². The molecule has 0 saturated heterocycles. The summed E-state index contributed by atoms with van der Waals surface area (Å²) in [6.07, 6.45) is -0.0667. The highest BCUT2D eigenvalue weighted by Gasteiger charge is 2.09. The van der Waals surface area contributed by atoms with Gasteiger partial charge in [0.2, 0.25) is 0 Å². The van der Waals surface area contributed by atoms with Crippen molar-refractivity contribution in [1.82, 2.24) is 25.4 Å². The maximum absolute atomic E-state index is 5.99. The van der Waals surface area contributed by atoms with Crippen LogP contribution in [-0.2, 0) is 20.1 Å². The van der Waals surface area contributed by atoms with Crippen molar-refractivity contribution < 1.29 is 9.47 Å². The van der Waals surface area contributed by atoms with E-state index in [1.807, 2.05) is 55.8 Å². The highest BCUT2D eigenvalue weighted by atomic mass is 127. The van der Waals surface area contributed by atoms with Crippen LogP contribution in [-0.4, -0.2) is 40.5 Å². The molecule has 0 spiro atoms. The van der Waals surface area contributed by atoms with Crippen LogP contribution >= 0.6 is 35.3 Å². The molecular weight excluding hydrogens is 527 g/mol. The van der Waals surface area contributed by atoms with Crippen LogP contribution in [0.15, 0.2) is 46.8 Å². The van der Waals surface area contributed by atoms with Crippen LogP contribution in [0.3, 0.4) is 0 Å². The van der Waals surface area contributed by atoms with Crippen LogP contribution in [0.25, 0.3) is 0 Å². The van der Waals surface area contributed by atoms with Gasteiger partial charge < -0.3 is 24.7 Å². The summed E-state index contributed by atoms with van der Waals surface area (Å²) in [6, 6.07) is 11.7. The van der Waals surface area contributed by atoms with Gasteiger partial charge in [-0.2, -0.15) is 0 Å². The van der Waals surface area contributed by atoms with E-state index in [1.54, 1.807) is 18.4 Å². The molecule has 1 unspecified atom stereocenters. The number of hydrogen-bond acceptors (Lipinski definition) is 6. The van der Waals surface area contributed by atoms with Crippen molar-refractivity contribution in [3.8, 4) is 11.5 Å². The molecule has 0 radical (unpaired) electrons. The summed E-state index contributed by atoms with van der Waals surface area (Å²) in [5, 5.41) is 17.1. The molecule has 1 atom stereocenters. The first kappa shape index (κ1) is 24.9. The van der Waals surface area contributed by atoms with Gasteiger partial charge in [0.1, 0.15) is 30.0 Å². The molecule has 0 fully saturated rings. The Morgan fingerprint density at radius 2 is 2.00 bits per heavy atom. The molecule has 1 aromatic carbocycles. The van der Waals surface area contributed by atoms with Crippen LogP contribution in [0.4, 0.5) is 0 Å². The monoisotopic (exact) mass is 556 g/mol. The second-order valence-corrected chi connectivity index (χ2v) is 7.84. The largest absolute Gasteiger partial charge is 0.497 e. The van der Waals surface area contributed by atoms with Crippen LogP contribution in [0.2, 0.25) is 0 Å². The van der Waals surface area contributed by atoms with Crippen LogP contribution in [0, 0.1) is 6.92 Å². The topological polar surface area (TPSA) is 85.6 Å². The summed E-state index contributed by atoms with van der Waals surface area (Å²) in [4.78, 5) is 5.91. The number of aromatic nitrogens is 3. The maximum atomic E-state index is 5.99. The van der Waals surface area contributed by atoms with Gasteiger partial charge >= 0.3 is 0 Å². The predicted octanol–water partition coefficient (Wildman–Crippen LogP) is 3.51. The van der Waals surface area contributed by atoms with Crippen molar-refractivity contribution in [2.24, 2.45) is 12.0 Å². The van der Waals surface area contributed by atoms with E-state index in [9.17, 15) is 0 Å². The summed E-state index contributed by atoms with van der Waals surface area (Å²) in [5.74, 6) is 3.91. The quantitative estimate of drug-likeness (QED) is 0.239.